The number of benzene rings is 3. The van der Waals surface area contributed by atoms with E-state index in [1.807, 2.05) is 65.4 Å². The molecule has 3 N–H and O–H groups in total. The number of aryl methyl sites for hydroxylation is 1. The van der Waals surface area contributed by atoms with Gasteiger partial charge in [0.15, 0.2) is 0 Å². The zero-order chi connectivity index (χ0) is 25.5. The number of carbonyl (C=O) groups is 1. The van der Waals surface area contributed by atoms with Gasteiger partial charge in [0.2, 0.25) is 5.91 Å². The Hall–Kier alpha value is -2.82. The van der Waals surface area contributed by atoms with E-state index >= 15 is 0 Å². The van der Waals surface area contributed by atoms with Crippen molar-refractivity contribution in [2.24, 2.45) is 0 Å². The average molecular weight is 603 g/mol. The number of aliphatic hydroxyl groups is 1. The number of amides is 1. The third kappa shape index (κ3) is 7.35. The van der Waals surface area contributed by atoms with E-state index in [9.17, 15) is 18.7 Å². The molecule has 0 saturated heterocycles. The summed E-state index contributed by atoms with van der Waals surface area (Å²) in [5.41, 5.74) is 2.48. The Morgan fingerprint density at radius 3 is 2.53 bits per heavy atom. The summed E-state index contributed by atoms with van der Waals surface area (Å²) in [5.74, 6) is -1.63. The fourth-order valence-corrected chi connectivity index (χ4v) is 4.86. The lowest BCUT2D eigenvalue weighted by molar-refractivity contribution is -0.122. The smallest absolute Gasteiger partial charge is 0.222 e. The van der Waals surface area contributed by atoms with Crippen molar-refractivity contribution in [1.29, 1.82) is 0 Å². The summed E-state index contributed by atoms with van der Waals surface area (Å²) >= 11 is 2.24. The fourth-order valence-electron chi connectivity index (χ4n) is 4.26. The SMILES string of the molecule is O=C(CCn1ccc2ccccc21)N[C@@H](Cc1cc(F)cc(F)c1)[C@@H](O)CNCc1cccc(I)c1. The van der Waals surface area contributed by atoms with Crippen LogP contribution in [0.3, 0.4) is 0 Å². The van der Waals surface area contributed by atoms with Crippen LogP contribution in [0, 0.1) is 15.2 Å². The topological polar surface area (TPSA) is 66.3 Å². The fraction of sp³-hybridized carbons (Fsp3) is 0.250. The minimum atomic E-state index is -0.963. The number of halogens is 3. The number of nitrogens with zero attached hydrogens (tertiary/aromatic N) is 1. The van der Waals surface area contributed by atoms with Crippen LogP contribution in [0.25, 0.3) is 10.9 Å². The monoisotopic (exact) mass is 603 g/mol. The third-order valence-corrected chi connectivity index (χ3v) is 6.69. The van der Waals surface area contributed by atoms with E-state index in [-0.39, 0.29) is 25.3 Å². The Morgan fingerprint density at radius 2 is 1.75 bits per heavy atom. The predicted molar refractivity (Wildman–Crippen MR) is 145 cm³/mol. The van der Waals surface area contributed by atoms with E-state index in [4.69, 9.17) is 0 Å². The van der Waals surface area contributed by atoms with Gasteiger partial charge in [-0.25, -0.2) is 8.78 Å². The Morgan fingerprint density at radius 1 is 0.972 bits per heavy atom. The molecule has 0 bridgehead atoms. The van der Waals surface area contributed by atoms with Gasteiger partial charge in [-0.2, -0.15) is 0 Å². The van der Waals surface area contributed by atoms with Gasteiger partial charge < -0.3 is 20.3 Å². The molecule has 0 saturated carbocycles. The van der Waals surface area contributed by atoms with Crippen molar-refractivity contribution in [3.8, 4) is 0 Å². The molecule has 188 valence electrons. The summed E-state index contributed by atoms with van der Waals surface area (Å²) < 4.78 is 30.6. The molecule has 36 heavy (non-hydrogen) atoms. The van der Waals surface area contributed by atoms with Gasteiger partial charge >= 0.3 is 0 Å². The first kappa shape index (κ1) is 26.2. The number of hydrogen-bond acceptors (Lipinski definition) is 3. The molecule has 1 amide bonds. The van der Waals surface area contributed by atoms with Gasteiger partial charge in [0.25, 0.3) is 0 Å². The maximum Gasteiger partial charge on any atom is 0.222 e. The molecule has 0 fully saturated rings. The molecule has 4 aromatic rings. The Labute approximate surface area is 222 Å². The summed E-state index contributed by atoms with van der Waals surface area (Å²) in [7, 11) is 0. The molecule has 3 aromatic carbocycles. The highest BCUT2D eigenvalue weighted by atomic mass is 127. The predicted octanol–water partition coefficient (Wildman–Crippen LogP) is 4.79. The molecule has 2 atom stereocenters. The van der Waals surface area contributed by atoms with Crippen molar-refractivity contribution >= 4 is 39.4 Å². The van der Waals surface area contributed by atoms with E-state index in [1.165, 1.54) is 12.1 Å². The molecule has 0 unspecified atom stereocenters. The number of aromatic nitrogens is 1. The Bertz CT molecular complexity index is 1310. The first-order chi connectivity index (χ1) is 17.4. The second-order valence-electron chi connectivity index (χ2n) is 8.80. The molecule has 0 aliphatic carbocycles. The van der Waals surface area contributed by atoms with Gasteiger partial charge in [0.05, 0.1) is 12.1 Å². The van der Waals surface area contributed by atoms with Crippen LogP contribution in [0.4, 0.5) is 8.78 Å². The summed E-state index contributed by atoms with van der Waals surface area (Å²) in [6, 6.07) is 20.4. The minimum Gasteiger partial charge on any atom is -0.390 e. The summed E-state index contributed by atoms with van der Waals surface area (Å²) in [4.78, 5) is 12.8. The summed E-state index contributed by atoms with van der Waals surface area (Å²) in [6.07, 6.45) is 1.28. The maximum atomic E-state index is 13.8. The first-order valence-electron chi connectivity index (χ1n) is 11.8. The van der Waals surface area contributed by atoms with Crippen molar-refractivity contribution in [3.63, 3.8) is 0 Å². The molecule has 0 spiro atoms. The molecule has 0 aliphatic heterocycles. The van der Waals surface area contributed by atoms with Gasteiger partial charge in [-0.15, -0.1) is 0 Å². The van der Waals surface area contributed by atoms with Gasteiger partial charge in [0, 0.05) is 47.4 Å². The van der Waals surface area contributed by atoms with Crippen LogP contribution < -0.4 is 10.6 Å². The van der Waals surface area contributed by atoms with Crippen LogP contribution in [0.5, 0.6) is 0 Å². The number of para-hydroxylation sites is 1. The van der Waals surface area contributed by atoms with Gasteiger partial charge in [-0.05, 0) is 81.9 Å². The van der Waals surface area contributed by atoms with Crippen molar-refractivity contribution in [2.75, 3.05) is 6.54 Å². The number of hydrogen-bond donors (Lipinski definition) is 3. The van der Waals surface area contributed by atoms with Crippen LogP contribution in [0.15, 0.2) is 79.0 Å². The summed E-state index contributed by atoms with van der Waals surface area (Å²) in [6.45, 7) is 1.22. The summed E-state index contributed by atoms with van der Waals surface area (Å²) in [5, 5.41) is 18.1. The van der Waals surface area contributed by atoms with E-state index in [0.29, 0.717) is 18.7 Å². The van der Waals surface area contributed by atoms with Gasteiger partial charge in [-0.3, -0.25) is 4.79 Å². The number of carbonyl (C=O) groups excluding carboxylic acids is 1. The second-order valence-corrected chi connectivity index (χ2v) is 10.0. The van der Waals surface area contributed by atoms with Crippen LogP contribution in [0.1, 0.15) is 17.5 Å². The molecular weight excluding hydrogens is 575 g/mol. The van der Waals surface area contributed by atoms with Crippen molar-refractivity contribution in [2.45, 2.75) is 38.1 Å². The highest BCUT2D eigenvalue weighted by molar-refractivity contribution is 14.1. The molecule has 4 rings (SSSR count). The first-order valence-corrected chi connectivity index (χ1v) is 12.9. The van der Waals surface area contributed by atoms with Crippen molar-refractivity contribution < 1.29 is 18.7 Å². The largest absolute Gasteiger partial charge is 0.390 e. The van der Waals surface area contributed by atoms with E-state index in [2.05, 4.69) is 33.2 Å². The number of aliphatic hydroxyl groups excluding tert-OH is 1. The molecule has 8 heteroatoms. The molecule has 1 aromatic heterocycles. The van der Waals surface area contributed by atoms with Crippen LogP contribution in [-0.2, 0) is 24.3 Å². The normalized spacial score (nSPS) is 13.0. The quantitative estimate of drug-likeness (QED) is 0.216. The van der Waals surface area contributed by atoms with Crippen molar-refractivity contribution in [1.82, 2.24) is 15.2 Å². The lowest BCUT2D eigenvalue weighted by atomic mass is 10.0. The third-order valence-electron chi connectivity index (χ3n) is 6.02. The van der Waals surface area contributed by atoms with E-state index in [1.54, 1.807) is 0 Å². The van der Waals surface area contributed by atoms with Crippen LogP contribution in [-0.4, -0.2) is 34.3 Å². The molecule has 5 nitrogen and oxygen atoms in total. The van der Waals surface area contributed by atoms with Crippen LogP contribution >= 0.6 is 22.6 Å². The lowest BCUT2D eigenvalue weighted by Gasteiger charge is -2.25. The maximum absolute atomic E-state index is 13.8. The Balaban J connectivity index is 1.40. The van der Waals surface area contributed by atoms with E-state index < -0.39 is 23.8 Å². The lowest BCUT2D eigenvalue weighted by Crippen LogP contribution is -2.48. The number of rotatable bonds is 11. The van der Waals surface area contributed by atoms with E-state index in [0.717, 1.165) is 26.1 Å². The number of fused-ring (bicyclic) bond motifs is 1. The van der Waals surface area contributed by atoms with Crippen molar-refractivity contribution in [3.05, 3.63) is 105 Å². The second kappa shape index (κ2) is 12.4. The molecule has 0 aliphatic rings. The highest BCUT2D eigenvalue weighted by Crippen LogP contribution is 2.16. The van der Waals surface area contributed by atoms with Crippen LogP contribution in [0.2, 0.25) is 0 Å². The van der Waals surface area contributed by atoms with Gasteiger partial charge in [0.1, 0.15) is 11.6 Å². The zero-order valence-electron chi connectivity index (χ0n) is 19.6. The molecular formula is C28H28F2IN3O2. The molecule has 0 radical (unpaired) electrons. The zero-order valence-corrected chi connectivity index (χ0v) is 21.8. The number of nitrogens with one attached hydrogen (secondary N) is 2. The van der Waals surface area contributed by atoms with Gasteiger partial charge in [-0.1, -0.05) is 30.3 Å². The highest BCUT2D eigenvalue weighted by Gasteiger charge is 2.22. The Kier molecular flexibility index (Phi) is 9.06. The standard InChI is InChI=1S/C28H28F2IN3O2/c29-22-12-20(13-23(30)16-22)15-25(27(35)18-32-17-19-4-3-6-24(31)14-19)33-28(36)9-11-34-10-8-21-5-1-2-7-26(21)34/h1-8,10,12-14,16,25,27,32,35H,9,11,15,17-18H2,(H,33,36)/t25-,27-/m0/s1. The molecule has 1 heterocycles. The average Bonchev–Trinajstić information content (AvgIpc) is 3.25. The minimum absolute atomic E-state index is 0.0962.